The number of pyridine rings is 1. The third-order valence-electron chi connectivity index (χ3n) is 2.10. The lowest BCUT2D eigenvalue weighted by atomic mass is 10.3. The van der Waals surface area contributed by atoms with Gasteiger partial charge in [0, 0.05) is 6.54 Å². The second kappa shape index (κ2) is 6.05. The van der Waals surface area contributed by atoms with Crippen LogP contribution in [-0.2, 0) is 0 Å². The Hall–Kier alpha value is -1.82. The molecule has 0 saturated carbocycles. The minimum Gasteiger partial charge on any atom is -0.477 e. The predicted octanol–water partition coefficient (Wildman–Crippen LogP) is 0.692. The van der Waals surface area contributed by atoms with E-state index < -0.39 is 5.97 Å². The van der Waals surface area contributed by atoms with Crippen LogP contribution in [0.15, 0.2) is 12.1 Å². The largest absolute Gasteiger partial charge is 0.477 e. The highest BCUT2D eigenvalue weighted by atomic mass is 16.5. The number of nitrogen functional groups attached to an aromatic ring is 1. The third kappa shape index (κ3) is 4.28. The summed E-state index contributed by atoms with van der Waals surface area (Å²) >= 11 is 0. The van der Waals surface area contributed by atoms with Crippen molar-refractivity contribution in [1.29, 1.82) is 0 Å². The van der Waals surface area contributed by atoms with E-state index in [-0.39, 0.29) is 11.6 Å². The topological polar surface area (TPSA) is 88.7 Å². The van der Waals surface area contributed by atoms with Gasteiger partial charge in [-0.1, -0.05) is 0 Å². The van der Waals surface area contributed by atoms with Gasteiger partial charge >= 0.3 is 5.97 Å². The van der Waals surface area contributed by atoms with Crippen LogP contribution in [0.3, 0.4) is 0 Å². The smallest absolute Gasteiger partial charge is 0.354 e. The summed E-state index contributed by atoms with van der Waals surface area (Å²) in [5, 5.41) is 8.78. The molecular weight excluding hydrogens is 222 g/mol. The van der Waals surface area contributed by atoms with Crippen LogP contribution in [0.5, 0.6) is 5.88 Å². The number of carboxylic acid groups (broad SMARTS) is 1. The Balaban J connectivity index is 2.57. The number of nitrogens with zero attached hydrogens (tertiary/aromatic N) is 2. The van der Waals surface area contributed by atoms with Crippen LogP contribution < -0.4 is 10.5 Å². The molecule has 0 atom stereocenters. The molecule has 1 aromatic rings. The molecule has 1 aromatic heterocycles. The maximum Gasteiger partial charge on any atom is 0.354 e. The molecule has 1 heterocycles. The molecule has 1 rings (SSSR count). The van der Waals surface area contributed by atoms with Crippen molar-refractivity contribution < 1.29 is 14.6 Å². The number of nitrogens with two attached hydrogens (primary N) is 1. The zero-order chi connectivity index (χ0) is 12.8. The summed E-state index contributed by atoms with van der Waals surface area (Å²) in [5.41, 5.74) is 5.92. The Labute approximate surface area is 100 Å². The van der Waals surface area contributed by atoms with E-state index in [0.717, 1.165) is 13.0 Å². The minimum atomic E-state index is -1.09. The van der Waals surface area contributed by atoms with E-state index in [0.29, 0.717) is 12.3 Å². The summed E-state index contributed by atoms with van der Waals surface area (Å²) in [4.78, 5) is 16.6. The SMILES string of the molecule is CN(C)CCCOc1nc(C(=O)O)ccc1N. The van der Waals surface area contributed by atoms with Crippen molar-refractivity contribution in [3.63, 3.8) is 0 Å². The van der Waals surface area contributed by atoms with E-state index in [1.807, 2.05) is 19.0 Å². The fourth-order valence-corrected chi connectivity index (χ4v) is 1.24. The average Bonchev–Trinajstić information content (AvgIpc) is 2.25. The average molecular weight is 239 g/mol. The van der Waals surface area contributed by atoms with Gasteiger partial charge in [0.25, 0.3) is 0 Å². The number of anilines is 1. The van der Waals surface area contributed by atoms with Crippen LogP contribution in [0.1, 0.15) is 16.9 Å². The Bertz CT molecular complexity index is 394. The minimum absolute atomic E-state index is 0.0678. The van der Waals surface area contributed by atoms with Crippen molar-refractivity contribution >= 4 is 11.7 Å². The second-order valence-electron chi connectivity index (χ2n) is 3.90. The molecule has 0 amide bonds. The molecule has 6 heteroatoms. The molecule has 0 aromatic carbocycles. The van der Waals surface area contributed by atoms with Crippen LogP contribution in [0.4, 0.5) is 5.69 Å². The maximum absolute atomic E-state index is 10.7. The molecule has 0 aliphatic carbocycles. The molecule has 0 saturated heterocycles. The monoisotopic (exact) mass is 239 g/mol. The molecule has 0 radical (unpaired) electrons. The quantitative estimate of drug-likeness (QED) is 0.710. The van der Waals surface area contributed by atoms with Gasteiger partial charge in [0.05, 0.1) is 12.3 Å². The second-order valence-corrected chi connectivity index (χ2v) is 3.90. The van der Waals surface area contributed by atoms with Crippen molar-refractivity contribution in [2.24, 2.45) is 0 Å². The maximum atomic E-state index is 10.7. The van der Waals surface area contributed by atoms with Crippen molar-refractivity contribution in [3.8, 4) is 5.88 Å². The van der Waals surface area contributed by atoms with Gasteiger partial charge in [-0.25, -0.2) is 9.78 Å². The summed E-state index contributed by atoms with van der Waals surface area (Å²) in [7, 11) is 3.94. The van der Waals surface area contributed by atoms with E-state index >= 15 is 0 Å². The predicted molar refractivity (Wildman–Crippen MR) is 64.3 cm³/mol. The Morgan fingerprint density at radius 1 is 1.53 bits per heavy atom. The van der Waals surface area contributed by atoms with E-state index in [2.05, 4.69) is 4.98 Å². The Morgan fingerprint density at radius 2 is 2.24 bits per heavy atom. The first-order chi connectivity index (χ1) is 8.00. The summed E-state index contributed by atoms with van der Waals surface area (Å²) < 4.78 is 5.35. The van der Waals surface area contributed by atoms with Crippen LogP contribution in [0.25, 0.3) is 0 Å². The highest BCUT2D eigenvalue weighted by Gasteiger charge is 2.09. The number of hydrogen-bond donors (Lipinski definition) is 2. The fourth-order valence-electron chi connectivity index (χ4n) is 1.24. The number of hydrogen-bond acceptors (Lipinski definition) is 5. The number of ether oxygens (including phenoxy) is 1. The van der Waals surface area contributed by atoms with Crippen LogP contribution in [0.2, 0.25) is 0 Å². The van der Waals surface area contributed by atoms with Gasteiger partial charge in [-0.05, 0) is 32.6 Å². The van der Waals surface area contributed by atoms with Gasteiger partial charge in [0.2, 0.25) is 5.88 Å². The summed E-state index contributed by atoms with van der Waals surface area (Å²) in [6.07, 6.45) is 0.825. The van der Waals surface area contributed by atoms with Gasteiger partial charge in [-0.3, -0.25) is 0 Å². The third-order valence-corrected chi connectivity index (χ3v) is 2.10. The van der Waals surface area contributed by atoms with Crippen LogP contribution in [0, 0.1) is 0 Å². The normalized spacial score (nSPS) is 10.5. The Morgan fingerprint density at radius 3 is 2.82 bits per heavy atom. The molecule has 0 bridgehead atoms. The van der Waals surface area contributed by atoms with Crippen molar-refractivity contribution in [1.82, 2.24) is 9.88 Å². The summed E-state index contributed by atoms with van der Waals surface area (Å²) in [6, 6.07) is 2.84. The zero-order valence-corrected chi connectivity index (χ0v) is 10.0. The number of aromatic carboxylic acids is 1. The number of carbonyl (C=O) groups is 1. The van der Waals surface area contributed by atoms with Crippen molar-refractivity contribution in [3.05, 3.63) is 17.8 Å². The number of carboxylic acids is 1. The van der Waals surface area contributed by atoms with Crippen LogP contribution >= 0.6 is 0 Å². The lowest BCUT2D eigenvalue weighted by molar-refractivity contribution is 0.0689. The van der Waals surface area contributed by atoms with Gasteiger partial charge in [-0.15, -0.1) is 0 Å². The highest BCUT2D eigenvalue weighted by Crippen LogP contribution is 2.18. The number of rotatable bonds is 6. The van der Waals surface area contributed by atoms with Gasteiger partial charge in [0.1, 0.15) is 0 Å². The fraction of sp³-hybridized carbons (Fsp3) is 0.455. The summed E-state index contributed by atoms with van der Waals surface area (Å²) in [5.74, 6) is -0.910. The molecule has 94 valence electrons. The standard InChI is InChI=1S/C11H17N3O3/c1-14(2)6-3-7-17-10-8(12)4-5-9(13-10)11(15)16/h4-5H,3,6-7,12H2,1-2H3,(H,15,16). The van der Waals surface area contributed by atoms with E-state index in [1.54, 1.807) is 0 Å². The van der Waals surface area contributed by atoms with Gasteiger partial charge < -0.3 is 20.5 Å². The van der Waals surface area contributed by atoms with Gasteiger partial charge in [0.15, 0.2) is 5.69 Å². The molecule has 6 nitrogen and oxygen atoms in total. The van der Waals surface area contributed by atoms with E-state index in [4.69, 9.17) is 15.6 Å². The molecular formula is C11H17N3O3. The molecule has 3 N–H and O–H groups in total. The van der Waals surface area contributed by atoms with Crippen LogP contribution in [-0.4, -0.2) is 48.2 Å². The first-order valence-corrected chi connectivity index (χ1v) is 5.28. The first kappa shape index (κ1) is 13.2. The lowest BCUT2D eigenvalue weighted by Gasteiger charge is -2.11. The van der Waals surface area contributed by atoms with Gasteiger partial charge in [-0.2, -0.15) is 0 Å². The van der Waals surface area contributed by atoms with E-state index in [9.17, 15) is 4.79 Å². The molecule has 0 unspecified atom stereocenters. The molecule has 0 aliphatic rings. The number of aromatic nitrogens is 1. The van der Waals surface area contributed by atoms with Crippen molar-refractivity contribution in [2.75, 3.05) is 33.0 Å². The molecule has 17 heavy (non-hydrogen) atoms. The summed E-state index contributed by atoms with van der Waals surface area (Å²) in [6.45, 7) is 1.34. The molecule has 0 fully saturated rings. The highest BCUT2D eigenvalue weighted by molar-refractivity contribution is 5.86. The van der Waals surface area contributed by atoms with E-state index in [1.165, 1.54) is 12.1 Å². The molecule has 0 spiro atoms. The first-order valence-electron chi connectivity index (χ1n) is 5.28. The molecule has 0 aliphatic heterocycles. The Kier molecular flexibility index (Phi) is 4.71. The lowest BCUT2D eigenvalue weighted by Crippen LogP contribution is -2.16. The van der Waals surface area contributed by atoms with Crippen molar-refractivity contribution in [2.45, 2.75) is 6.42 Å². The zero-order valence-electron chi connectivity index (χ0n) is 10.0.